The zero-order valence-corrected chi connectivity index (χ0v) is 20.5. The zero-order chi connectivity index (χ0) is 24.9. The predicted molar refractivity (Wildman–Crippen MR) is 132 cm³/mol. The third-order valence-electron chi connectivity index (χ3n) is 6.80. The molecule has 35 heavy (non-hydrogen) atoms. The molecule has 2 aromatic rings. The van der Waals surface area contributed by atoms with E-state index in [1.54, 1.807) is 35.2 Å². The van der Waals surface area contributed by atoms with Gasteiger partial charge in [0, 0.05) is 30.3 Å². The summed E-state index contributed by atoms with van der Waals surface area (Å²) in [5.41, 5.74) is 2.13. The number of amides is 3. The van der Waals surface area contributed by atoms with Gasteiger partial charge in [-0.3, -0.25) is 14.4 Å². The van der Waals surface area contributed by atoms with Crippen LogP contribution in [-0.4, -0.2) is 54.6 Å². The van der Waals surface area contributed by atoms with Gasteiger partial charge in [0.25, 0.3) is 11.8 Å². The first-order valence-electron chi connectivity index (χ1n) is 12.2. The van der Waals surface area contributed by atoms with E-state index in [0.29, 0.717) is 48.6 Å². The van der Waals surface area contributed by atoms with E-state index in [0.717, 1.165) is 12.0 Å². The molecule has 2 aliphatic heterocycles. The van der Waals surface area contributed by atoms with Crippen molar-refractivity contribution in [2.24, 2.45) is 5.92 Å². The molecule has 0 aromatic heterocycles. The lowest BCUT2D eigenvalue weighted by Crippen LogP contribution is -2.55. The molecule has 186 valence electrons. The number of aryl methyl sites for hydroxylation is 1. The minimum Gasteiger partial charge on any atom is -0.454 e. The van der Waals surface area contributed by atoms with Crippen LogP contribution < -0.4 is 20.1 Å². The highest BCUT2D eigenvalue weighted by Crippen LogP contribution is 2.33. The SMILES string of the molecule is CCC(C)NC(=O)C(NC(=O)c1ccc(C)cc1)C1CCN(C(=O)c2ccc3c(c2)OCO3)CC1. The van der Waals surface area contributed by atoms with Crippen LogP contribution in [0.15, 0.2) is 42.5 Å². The van der Waals surface area contributed by atoms with E-state index in [9.17, 15) is 14.4 Å². The number of carbonyl (C=O) groups excluding carboxylic acids is 3. The lowest BCUT2D eigenvalue weighted by Gasteiger charge is -2.36. The lowest BCUT2D eigenvalue weighted by atomic mass is 9.88. The largest absolute Gasteiger partial charge is 0.454 e. The molecule has 2 aromatic carbocycles. The summed E-state index contributed by atoms with van der Waals surface area (Å²) in [5, 5.41) is 5.99. The van der Waals surface area contributed by atoms with Crippen molar-refractivity contribution in [3.05, 3.63) is 59.2 Å². The van der Waals surface area contributed by atoms with Gasteiger partial charge in [0.2, 0.25) is 12.7 Å². The molecule has 2 N–H and O–H groups in total. The number of hydrogen-bond acceptors (Lipinski definition) is 5. The molecule has 0 bridgehead atoms. The van der Waals surface area contributed by atoms with Crippen LogP contribution in [0.25, 0.3) is 0 Å². The standard InChI is InChI=1S/C27H33N3O5/c1-4-18(3)28-26(32)24(29-25(31)20-7-5-17(2)6-8-20)19-11-13-30(14-12-19)27(33)21-9-10-22-23(15-21)35-16-34-22/h5-10,15,18-19,24H,4,11-14,16H2,1-3H3,(H,28,32)(H,29,31). The number of nitrogens with zero attached hydrogens (tertiary/aromatic N) is 1. The molecule has 3 amide bonds. The van der Waals surface area contributed by atoms with Gasteiger partial charge >= 0.3 is 0 Å². The molecule has 1 saturated heterocycles. The molecule has 2 heterocycles. The van der Waals surface area contributed by atoms with Gasteiger partial charge in [-0.25, -0.2) is 0 Å². The topological polar surface area (TPSA) is 97.0 Å². The molecule has 8 heteroatoms. The second-order valence-electron chi connectivity index (χ2n) is 9.33. The van der Waals surface area contributed by atoms with Crippen molar-refractivity contribution in [1.82, 2.24) is 15.5 Å². The van der Waals surface area contributed by atoms with Gasteiger partial charge in [0.05, 0.1) is 0 Å². The highest BCUT2D eigenvalue weighted by atomic mass is 16.7. The van der Waals surface area contributed by atoms with Gasteiger partial charge < -0.3 is 25.0 Å². The molecular weight excluding hydrogens is 446 g/mol. The van der Waals surface area contributed by atoms with Gasteiger partial charge in [-0.1, -0.05) is 24.6 Å². The first kappa shape index (κ1) is 24.6. The maximum atomic E-state index is 13.1. The van der Waals surface area contributed by atoms with Crippen molar-refractivity contribution in [3.8, 4) is 11.5 Å². The zero-order valence-electron chi connectivity index (χ0n) is 20.5. The molecule has 0 radical (unpaired) electrons. The number of rotatable bonds is 7. The molecule has 2 atom stereocenters. The summed E-state index contributed by atoms with van der Waals surface area (Å²) in [6, 6.07) is 11.8. The second-order valence-corrected chi connectivity index (χ2v) is 9.33. The fourth-order valence-corrected chi connectivity index (χ4v) is 4.41. The average molecular weight is 480 g/mol. The fraction of sp³-hybridized carbons (Fsp3) is 0.444. The van der Waals surface area contributed by atoms with Crippen LogP contribution in [0.3, 0.4) is 0 Å². The van der Waals surface area contributed by atoms with Crippen LogP contribution in [0.1, 0.15) is 59.4 Å². The Kier molecular flexibility index (Phi) is 7.58. The van der Waals surface area contributed by atoms with E-state index in [1.165, 1.54) is 0 Å². The molecule has 4 rings (SSSR count). The number of hydrogen-bond donors (Lipinski definition) is 2. The summed E-state index contributed by atoms with van der Waals surface area (Å²) < 4.78 is 10.7. The Morgan fingerprint density at radius 2 is 1.63 bits per heavy atom. The monoisotopic (exact) mass is 479 g/mol. The Balaban J connectivity index is 1.43. The van der Waals surface area contributed by atoms with E-state index < -0.39 is 6.04 Å². The molecule has 1 fully saturated rings. The molecule has 0 aliphatic carbocycles. The highest BCUT2D eigenvalue weighted by Gasteiger charge is 2.34. The van der Waals surface area contributed by atoms with Crippen molar-refractivity contribution < 1.29 is 23.9 Å². The predicted octanol–water partition coefficient (Wildman–Crippen LogP) is 3.29. The Bertz CT molecular complexity index is 1080. The smallest absolute Gasteiger partial charge is 0.253 e. The molecule has 0 saturated carbocycles. The summed E-state index contributed by atoms with van der Waals surface area (Å²) in [6.45, 7) is 7.08. The maximum Gasteiger partial charge on any atom is 0.253 e. The van der Waals surface area contributed by atoms with Crippen LogP contribution >= 0.6 is 0 Å². The number of nitrogens with one attached hydrogen (secondary N) is 2. The molecule has 2 aliphatic rings. The van der Waals surface area contributed by atoms with Crippen molar-refractivity contribution in [2.75, 3.05) is 19.9 Å². The van der Waals surface area contributed by atoms with Crippen LogP contribution in [0.5, 0.6) is 11.5 Å². The van der Waals surface area contributed by atoms with Gasteiger partial charge in [0.1, 0.15) is 6.04 Å². The normalized spacial score (nSPS) is 16.9. The van der Waals surface area contributed by atoms with Gasteiger partial charge in [-0.2, -0.15) is 0 Å². The maximum absolute atomic E-state index is 13.1. The number of ether oxygens (including phenoxy) is 2. The van der Waals surface area contributed by atoms with E-state index in [4.69, 9.17) is 9.47 Å². The van der Waals surface area contributed by atoms with Crippen molar-refractivity contribution in [2.45, 2.75) is 52.1 Å². The fourth-order valence-electron chi connectivity index (χ4n) is 4.41. The Labute approximate surface area is 206 Å². The third kappa shape index (κ3) is 5.75. The summed E-state index contributed by atoms with van der Waals surface area (Å²) in [7, 11) is 0. The number of piperidine rings is 1. The Hall–Kier alpha value is -3.55. The third-order valence-corrected chi connectivity index (χ3v) is 6.80. The summed E-state index contributed by atoms with van der Waals surface area (Å²) in [4.78, 5) is 40.9. The van der Waals surface area contributed by atoms with E-state index >= 15 is 0 Å². The minimum atomic E-state index is -0.666. The lowest BCUT2D eigenvalue weighted by molar-refractivity contribution is -0.125. The van der Waals surface area contributed by atoms with Gasteiger partial charge in [0.15, 0.2) is 11.5 Å². The van der Waals surface area contributed by atoms with Crippen molar-refractivity contribution in [3.63, 3.8) is 0 Å². The molecule has 2 unspecified atom stereocenters. The molecular formula is C27H33N3O5. The van der Waals surface area contributed by atoms with Crippen molar-refractivity contribution >= 4 is 17.7 Å². The van der Waals surface area contributed by atoms with Crippen LogP contribution in [0, 0.1) is 12.8 Å². The Morgan fingerprint density at radius 3 is 2.31 bits per heavy atom. The highest BCUT2D eigenvalue weighted by molar-refractivity contribution is 5.98. The first-order valence-corrected chi connectivity index (χ1v) is 12.2. The van der Waals surface area contributed by atoms with Crippen molar-refractivity contribution in [1.29, 1.82) is 0 Å². The average Bonchev–Trinajstić information content (AvgIpc) is 3.35. The number of carbonyl (C=O) groups is 3. The van der Waals surface area contributed by atoms with E-state index in [2.05, 4.69) is 10.6 Å². The first-order chi connectivity index (χ1) is 16.9. The molecule has 0 spiro atoms. The van der Waals surface area contributed by atoms with Crippen LogP contribution in [0.4, 0.5) is 0 Å². The number of benzene rings is 2. The summed E-state index contributed by atoms with van der Waals surface area (Å²) in [6.07, 6.45) is 2.03. The Morgan fingerprint density at radius 1 is 0.971 bits per heavy atom. The van der Waals surface area contributed by atoms with Gasteiger partial charge in [-0.05, 0) is 69.4 Å². The van der Waals surface area contributed by atoms with E-state index in [-0.39, 0.29) is 36.5 Å². The van der Waals surface area contributed by atoms with Crippen LogP contribution in [0.2, 0.25) is 0 Å². The number of likely N-dealkylation sites (tertiary alicyclic amines) is 1. The van der Waals surface area contributed by atoms with Crippen LogP contribution in [-0.2, 0) is 4.79 Å². The minimum absolute atomic E-state index is 0.00829. The number of fused-ring (bicyclic) bond motifs is 1. The summed E-state index contributed by atoms with van der Waals surface area (Å²) >= 11 is 0. The quantitative estimate of drug-likeness (QED) is 0.635. The van der Waals surface area contributed by atoms with Gasteiger partial charge in [-0.15, -0.1) is 0 Å². The second kappa shape index (κ2) is 10.8. The summed E-state index contributed by atoms with van der Waals surface area (Å²) in [5.74, 6) is 0.611. The van der Waals surface area contributed by atoms with E-state index in [1.807, 2.05) is 32.9 Å². The molecule has 8 nitrogen and oxygen atoms in total.